The molecule has 30 heavy (non-hydrogen) atoms. The molecule has 3 aromatic carbocycles. The first kappa shape index (κ1) is 19.5. The van der Waals surface area contributed by atoms with E-state index in [1.165, 1.54) is 35.6 Å². The third kappa shape index (κ3) is 3.83. The molecule has 4 nitrogen and oxygen atoms in total. The third-order valence-electron chi connectivity index (χ3n) is 5.88. The largest absolute Gasteiger partial charge is 0.351 e. The van der Waals surface area contributed by atoms with Crippen molar-refractivity contribution in [3.05, 3.63) is 72.3 Å². The summed E-state index contributed by atoms with van der Waals surface area (Å²) >= 11 is 2.49. The van der Waals surface area contributed by atoms with E-state index < -0.39 is 0 Å². The topological polar surface area (TPSA) is 41.1 Å². The Hall–Kier alpha value is -2.41. The Bertz CT molecular complexity index is 1200. The zero-order valence-electron chi connectivity index (χ0n) is 17.1. The van der Waals surface area contributed by atoms with Crippen molar-refractivity contribution in [3.8, 4) is 0 Å². The van der Waals surface area contributed by atoms with Crippen molar-refractivity contribution in [2.24, 2.45) is 0 Å². The average Bonchev–Trinajstić information content (AvgIpc) is 2.79. The first-order valence-electron chi connectivity index (χ1n) is 10.6. The van der Waals surface area contributed by atoms with Gasteiger partial charge in [-0.15, -0.1) is 0 Å². The Kier molecular flexibility index (Phi) is 5.23. The van der Waals surface area contributed by atoms with Gasteiger partial charge in [0.15, 0.2) is 0 Å². The normalized spacial score (nSPS) is 16.5. The number of piperidine rings is 1. The molecule has 1 aromatic heterocycles. The lowest BCUT2D eigenvalue weighted by atomic mass is 10.0. The van der Waals surface area contributed by atoms with Crippen molar-refractivity contribution in [2.75, 3.05) is 23.3 Å². The van der Waals surface area contributed by atoms with Crippen molar-refractivity contribution in [2.45, 2.75) is 29.7 Å². The van der Waals surface area contributed by atoms with Gasteiger partial charge in [-0.05, 0) is 83.3 Å². The molecule has 152 valence electrons. The van der Waals surface area contributed by atoms with Gasteiger partial charge in [-0.25, -0.2) is 4.98 Å². The van der Waals surface area contributed by atoms with Gasteiger partial charge in [0, 0.05) is 18.5 Å². The second kappa shape index (κ2) is 8.02. The van der Waals surface area contributed by atoms with E-state index in [0.29, 0.717) is 0 Å². The summed E-state index contributed by atoms with van der Waals surface area (Å²) in [5, 5.41) is 7.30. The maximum Gasteiger partial charge on any atom is 0.227 e. The molecular formula is C25H25IN4. The fourth-order valence-electron chi connectivity index (χ4n) is 4.17. The molecule has 1 aliphatic heterocycles. The minimum atomic E-state index is -0.307. The van der Waals surface area contributed by atoms with Gasteiger partial charge in [-0.1, -0.05) is 48.5 Å². The zero-order valence-corrected chi connectivity index (χ0v) is 19.3. The predicted octanol–water partition coefficient (Wildman–Crippen LogP) is 6.49. The van der Waals surface area contributed by atoms with Crippen molar-refractivity contribution in [1.82, 2.24) is 9.97 Å². The molecule has 0 amide bonds. The molecule has 0 aliphatic carbocycles. The number of hydrogen-bond donors (Lipinski definition) is 1. The molecule has 1 atom stereocenters. The first-order valence-corrected chi connectivity index (χ1v) is 11.7. The predicted molar refractivity (Wildman–Crippen MR) is 135 cm³/mol. The maximum absolute atomic E-state index is 5.00. The summed E-state index contributed by atoms with van der Waals surface area (Å²) in [5.74, 6) is 1.73. The molecule has 0 spiro atoms. The number of rotatable bonds is 4. The lowest BCUT2D eigenvalue weighted by molar-refractivity contribution is 0.569. The summed E-state index contributed by atoms with van der Waals surface area (Å²) in [7, 11) is 0. The van der Waals surface area contributed by atoms with Crippen LogP contribution < -0.4 is 10.2 Å². The molecule has 5 rings (SSSR count). The quantitative estimate of drug-likeness (QED) is 0.194. The number of hydrogen-bond acceptors (Lipinski definition) is 4. The van der Waals surface area contributed by atoms with E-state index in [9.17, 15) is 0 Å². The zero-order chi connectivity index (χ0) is 20.6. The van der Waals surface area contributed by atoms with Crippen molar-refractivity contribution < 1.29 is 0 Å². The van der Waals surface area contributed by atoms with Crippen LogP contribution in [-0.4, -0.2) is 23.1 Å². The van der Waals surface area contributed by atoms with Crippen LogP contribution in [-0.2, 0) is 3.55 Å². The highest BCUT2D eigenvalue weighted by molar-refractivity contribution is 14.1. The van der Waals surface area contributed by atoms with E-state index in [2.05, 4.69) is 100 Å². The number of para-hydroxylation sites is 1. The second-order valence-electron chi connectivity index (χ2n) is 8.13. The van der Waals surface area contributed by atoms with Crippen LogP contribution in [0.3, 0.4) is 0 Å². The van der Waals surface area contributed by atoms with E-state index in [4.69, 9.17) is 9.97 Å². The lowest BCUT2D eigenvalue weighted by Gasteiger charge is -2.29. The van der Waals surface area contributed by atoms with Gasteiger partial charge >= 0.3 is 0 Å². The van der Waals surface area contributed by atoms with E-state index in [1.807, 2.05) is 6.07 Å². The van der Waals surface area contributed by atoms with E-state index in [0.717, 1.165) is 35.8 Å². The average molecular weight is 508 g/mol. The summed E-state index contributed by atoms with van der Waals surface area (Å²) < 4.78 is -0.307. The fourth-order valence-corrected chi connectivity index (χ4v) is 4.76. The number of aromatic nitrogens is 2. The highest BCUT2D eigenvalue weighted by Gasteiger charge is 2.25. The molecule has 0 radical (unpaired) electrons. The summed E-state index contributed by atoms with van der Waals surface area (Å²) in [5.41, 5.74) is 2.21. The fraction of sp³-hybridized carbons (Fsp3) is 0.280. The second-order valence-corrected chi connectivity index (χ2v) is 10.3. The van der Waals surface area contributed by atoms with Crippen LogP contribution in [0.2, 0.25) is 0 Å². The van der Waals surface area contributed by atoms with Crippen LogP contribution in [0.4, 0.5) is 11.8 Å². The number of nitrogens with one attached hydrogen (secondary N) is 1. The molecule has 0 saturated carbocycles. The Morgan fingerprint density at radius 1 is 0.867 bits per heavy atom. The van der Waals surface area contributed by atoms with Crippen LogP contribution in [0, 0.1) is 0 Å². The number of alkyl halides is 1. The van der Waals surface area contributed by atoms with Crippen molar-refractivity contribution >= 4 is 56.0 Å². The molecule has 2 heterocycles. The molecule has 1 fully saturated rings. The molecular weight excluding hydrogens is 483 g/mol. The summed E-state index contributed by atoms with van der Waals surface area (Å²) in [4.78, 5) is 12.2. The van der Waals surface area contributed by atoms with Gasteiger partial charge in [0.2, 0.25) is 5.95 Å². The summed E-state index contributed by atoms with van der Waals surface area (Å²) in [6, 6.07) is 23.4. The Labute approximate surface area is 190 Å². The summed E-state index contributed by atoms with van der Waals surface area (Å²) in [6.07, 6.45) is 3.71. The van der Waals surface area contributed by atoms with Crippen LogP contribution in [0.15, 0.2) is 66.7 Å². The van der Waals surface area contributed by atoms with Crippen molar-refractivity contribution in [1.29, 1.82) is 0 Å². The molecule has 1 saturated heterocycles. The van der Waals surface area contributed by atoms with Crippen molar-refractivity contribution in [3.63, 3.8) is 0 Å². The first-order chi connectivity index (χ1) is 14.6. The standard InChI is InChI=1S/C25H25IN4/c1-25(26,20-14-13-18-9-3-4-10-19(18)17-20)29-23-21-11-5-6-12-22(21)27-24(28-23)30-15-7-2-8-16-30/h3-6,9-14,17H,2,7-8,15-16H2,1H3,(H,27,28,29). The number of fused-ring (bicyclic) bond motifs is 2. The Morgan fingerprint density at radius 2 is 1.60 bits per heavy atom. The van der Waals surface area contributed by atoms with E-state index >= 15 is 0 Å². The smallest absolute Gasteiger partial charge is 0.227 e. The van der Waals surface area contributed by atoms with Gasteiger partial charge in [-0.2, -0.15) is 4.98 Å². The highest BCUT2D eigenvalue weighted by atomic mass is 127. The van der Waals surface area contributed by atoms with Gasteiger partial charge in [0.1, 0.15) is 9.36 Å². The van der Waals surface area contributed by atoms with E-state index in [-0.39, 0.29) is 3.55 Å². The number of nitrogens with zero attached hydrogens (tertiary/aromatic N) is 3. The Morgan fingerprint density at radius 3 is 2.43 bits per heavy atom. The molecule has 4 aromatic rings. The molecule has 1 unspecified atom stereocenters. The minimum absolute atomic E-state index is 0.307. The van der Waals surface area contributed by atoms with Gasteiger partial charge in [0.25, 0.3) is 0 Å². The number of benzene rings is 3. The van der Waals surface area contributed by atoms with Crippen LogP contribution in [0.1, 0.15) is 31.7 Å². The molecule has 5 heteroatoms. The SMILES string of the molecule is CC(I)(Nc1nc(N2CCCCC2)nc2ccccc12)c1ccc2ccccc2c1. The highest BCUT2D eigenvalue weighted by Crippen LogP contribution is 2.36. The Balaban J connectivity index is 1.55. The molecule has 1 aliphatic rings. The van der Waals surface area contributed by atoms with Crippen LogP contribution in [0.25, 0.3) is 21.7 Å². The minimum Gasteiger partial charge on any atom is -0.351 e. The number of anilines is 2. The number of halogens is 1. The van der Waals surface area contributed by atoms with E-state index in [1.54, 1.807) is 0 Å². The molecule has 0 bridgehead atoms. The molecule has 1 N–H and O–H groups in total. The third-order valence-corrected chi connectivity index (χ3v) is 6.77. The van der Waals surface area contributed by atoms with Crippen LogP contribution >= 0.6 is 22.6 Å². The van der Waals surface area contributed by atoms with Crippen LogP contribution in [0.5, 0.6) is 0 Å². The van der Waals surface area contributed by atoms with Gasteiger partial charge < -0.3 is 10.2 Å². The monoisotopic (exact) mass is 508 g/mol. The summed E-state index contributed by atoms with van der Waals surface area (Å²) in [6.45, 7) is 4.27. The lowest BCUT2D eigenvalue weighted by Crippen LogP contribution is -2.32. The van der Waals surface area contributed by atoms with Gasteiger partial charge in [-0.3, -0.25) is 0 Å². The maximum atomic E-state index is 5.00. The van der Waals surface area contributed by atoms with Gasteiger partial charge in [0.05, 0.1) is 5.52 Å².